The van der Waals surface area contributed by atoms with Crippen LogP contribution in [-0.2, 0) is 6.61 Å². The molecule has 4 rings (SSSR count). The second kappa shape index (κ2) is 7.78. The number of aromatic nitrogens is 1. The van der Waals surface area contributed by atoms with Gasteiger partial charge in [0.15, 0.2) is 11.5 Å². The highest BCUT2D eigenvalue weighted by Gasteiger charge is 2.33. The number of ether oxygens (including phenoxy) is 2. The molecule has 3 heterocycles. The summed E-state index contributed by atoms with van der Waals surface area (Å²) in [5.41, 5.74) is 0.320. The summed E-state index contributed by atoms with van der Waals surface area (Å²) >= 11 is 6.16. The third-order valence-electron chi connectivity index (χ3n) is 5.16. The summed E-state index contributed by atoms with van der Waals surface area (Å²) in [7, 11) is 1.58. The van der Waals surface area contributed by atoms with Gasteiger partial charge in [0.25, 0.3) is 5.91 Å². The van der Waals surface area contributed by atoms with E-state index in [4.69, 9.17) is 25.6 Å². The van der Waals surface area contributed by atoms with Gasteiger partial charge < -0.3 is 18.9 Å². The minimum atomic E-state index is -0.0842. The SMILES string of the molecule is COc1ccc(OCc2cc(C(=O)N3CCN4CCCC4C3)no2)c(Cl)c1. The summed E-state index contributed by atoms with van der Waals surface area (Å²) in [5, 5.41) is 4.37. The Labute approximate surface area is 162 Å². The van der Waals surface area contributed by atoms with Gasteiger partial charge in [-0.1, -0.05) is 16.8 Å². The molecule has 2 aliphatic heterocycles. The molecule has 1 aromatic carbocycles. The van der Waals surface area contributed by atoms with Crippen LogP contribution in [0.3, 0.4) is 0 Å². The molecule has 1 atom stereocenters. The molecule has 7 nitrogen and oxygen atoms in total. The highest BCUT2D eigenvalue weighted by Crippen LogP contribution is 2.29. The fraction of sp³-hybridized carbons (Fsp3) is 0.474. The average molecular weight is 392 g/mol. The third-order valence-corrected chi connectivity index (χ3v) is 5.46. The van der Waals surface area contributed by atoms with Gasteiger partial charge in [-0.25, -0.2) is 0 Å². The predicted octanol–water partition coefficient (Wildman–Crippen LogP) is 2.84. The molecule has 2 saturated heterocycles. The molecule has 2 fully saturated rings. The first-order valence-corrected chi connectivity index (χ1v) is 9.47. The van der Waals surface area contributed by atoms with Crippen LogP contribution in [0.1, 0.15) is 29.1 Å². The Kier molecular flexibility index (Phi) is 5.22. The van der Waals surface area contributed by atoms with Crippen molar-refractivity contribution < 1.29 is 18.8 Å². The lowest BCUT2D eigenvalue weighted by atomic mass is 10.1. The highest BCUT2D eigenvalue weighted by atomic mass is 35.5. The summed E-state index contributed by atoms with van der Waals surface area (Å²) < 4.78 is 16.0. The van der Waals surface area contributed by atoms with E-state index in [2.05, 4.69) is 10.1 Å². The van der Waals surface area contributed by atoms with E-state index >= 15 is 0 Å². The van der Waals surface area contributed by atoms with Crippen molar-refractivity contribution in [1.29, 1.82) is 0 Å². The topological polar surface area (TPSA) is 68.0 Å². The smallest absolute Gasteiger partial charge is 0.276 e. The molecular weight excluding hydrogens is 370 g/mol. The van der Waals surface area contributed by atoms with Gasteiger partial charge in [-0.15, -0.1) is 0 Å². The third kappa shape index (κ3) is 3.89. The van der Waals surface area contributed by atoms with Crippen LogP contribution in [0, 0.1) is 0 Å². The van der Waals surface area contributed by atoms with Crippen LogP contribution in [0.25, 0.3) is 0 Å². The predicted molar refractivity (Wildman–Crippen MR) is 99.3 cm³/mol. The van der Waals surface area contributed by atoms with E-state index in [1.807, 2.05) is 4.90 Å². The Hall–Kier alpha value is -2.25. The second-order valence-electron chi connectivity index (χ2n) is 6.85. The molecule has 27 heavy (non-hydrogen) atoms. The number of rotatable bonds is 5. The van der Waals surface area contributed by atoms with Gasteiger partial charge in [-0.2, -0.15) is 0 Å². The first kappa shape index (κ1) is 18.1. The molecule has 2 aliphatic rings. The van der Waals surface area contributed by atoms with E-state index in [-0.39, 0.29) is 12.5 Å². The number of halogens is 1. The molecule has 0 spiro atoms. The normalized spacial score (nSPS) is 19.8. The maximum absolute atomic E-state index is 12.7. The van der Waals surface area contributed by atoms with Crippen molar-refractivity contribution in [1.82, 2.24) is 15.0 Å². The van der Waals surface area contributed by atoms with Gasteiger partial charge in [0.1, 0.15) is 18.1 Å². The Morgan fingerprint density at radius 3 is 3.04 bits per heavy atom. The van der Waals surface area contributed by atoms with Crippen molar-refractivity contribution in [3.8, 4) is 11.5 Å². The lowest BCUT2D eigenvalue weighted by Crippen LogP contribution is -2.52. The zero-order valence-corrected chi connectivity index (χ0v) is 15.9. The fourth-order valence-corrected chi connectivity index (χ4v) is 3.92. The summed E-state index contributed by atoms with van der Waals surface area (Å²) in [6.45, 7) is 3.71. The highest BCUT2D eigenvalue weighted by molar-refractivity contribution is 6.32. The van der Waals surface area contributed by atoms with Gasteiger partial charge in [0.2, 0.25) is 0 Å². The first-order valence-electron chi connectivity index (χ1n) is 9.09. The zero-order chi connectivity index (χ0) is 18.8. The summed E-state index contributed by atoms with van der Waals surface area (Å²) in [4.78, 5) is 17.0. The number of hydrogen-bond acceptors (Lipinski definition) is 6. The van der Waals surface area contributed by atoms with E-state index in [1.54, 1.807) is 31.4 Å². The van der Waals surface area contributed by atoms with E-state index in [0.29, 0.717) is 34.0 Å². The van der Waals surface area contributed by atoms with Crippen molar-refractivity contribution >= 4 is 17.5 Å². The Balaban J connectivity index is 1.36. The molecule has 0 bridgehead atoms. The lowest BCUT2D eigenvalue weighted by Gasteiger charge is -2.37. The van der Waals surface area contributed by atoms with Crippen LogP contribution in [0.15, 0.2) is 28.8 Å². The number of fused-ring (bicyclic) bond motifs is 1. The molecule has 0 saturated carbocycles. The van der Waals surface area contributed by atoms with Crippen LogP contribution < -0.4 is 9.47 Å². The number of amides is 1. The maximum atomic E-state index is 12.7. The minimum Gasteiger partial charge on any atom is -0.497 e. The number of piperazine rings is 1. The fourth-order valence-electron chi connectivity index (χ4n) is 3.69. The summed E-state index contributed by atoms with van der Waals surface area (Å²) in [6, 6.07) is 7.29. The lowest BCUT2D eigenvalue weighted by molar-refractivity contribution is 0.0561. The molecule has 1 aromatic heterocycles. The van der Waals surface area contributed by atoms with Crippen LogP contribution >= 0.6 is 11.6 Å². The van der Waals surface area contributed by atoms with Gasteiger partial charge in [-0.3, -0.25) is 9.69 Å². The van der Waals surface area contributed by atoms with Gasteiger partial charge in [-0.05, 0) is 31.5 Å². The minimum absolute atomic E-state index is 0.0842. The number of carbonyl (C=O) groups is 1. The molecule has 0 aliphatic carbocycles. The van der Waals surface area contributed by atoms with Gasteiger partial charge in [0, 0.05) is 37.8 Å². The Morgan fingerprint density at radius 1 is 1.33 bits per heavy atom. The molecule has 0 N–H and O–H groups in total. The van der Waals surface area contributed by atoms with Crippen LogP contribution in [0.4, 0.5) is 0 Å². The van der Waals surface area contributed by atoms with Crippen LogP contribution in [0.5, 0.6) is 11.5 Å². The van der Waals surface area contributed by atoms with E-state index in [9.17, 15) is 4.79 Å². The van der Waals surface area contributed by atoms with Crippen molar-refractivity contribution in [2.45, 2.75) is 25.5 Å². The molecule has 2 aromatic rings. The molecule has 1 unspecified atom stereocenters. The quantitative estimate of drug-likeness (QED) is 0.780. The van der Waals surface area contributed by atoms with Gasteiger partial charge in [0.05, 0.1) is 12.1 Å². The van der Waals surface area contributed by atoms with E-state index < -0.39 is 0 Å². The van der Waals surface area contributed by atoms with Gasteiger partial charge >= 0.3 is 0 Å². The molecule has 144 valence electrons. The van der Waals surface area contributed by atoms with E-state index in [0.717, 1.165) is 32.6 Å². The van der Waals surface area contributed by atoms with Crippen LogP contribution in [0.2, 0.25) is 5.02 Å². The number of benzene rings is 1. The largest absolute Gasteiger partial charge is 0.497 e. The molecule has 1 amide bonds. The Morgan fingerprint density at radius 2 is 2.22 bits per heavy atom. The standard InChI is InChI=1S/C19H22ClN3O4/c1-25-14-4-5-18(16(20)9-14)26-12-15-10-17(21-27-15)19(24)23-8-7-22-6-2-3-13(22)11-23/h4-5,9-10,13H,2-3,6-8,11-12H2,1H3. The summed E-state index contributed by atoms with van der Waals surface area (Å²) in [5.74, 6) is 1.56. The maximum Gasteiger partial charge on any atom is 0.276 e. The average Bonchev–Trinajstić information content (AvgIpc) is 3.35. The van der Waals surface area contributed by atoms with Crippen LogP contribution in [-0.4, -0.2) is 60.2 Å². The second-order valence-corrected chi connectivity index (χ2v) is 7.25. The van der Waals surface area contributed by atoms with Crippen molar-refractivity contribution in [3.63, 3.8) is 0 Å². The van der Waals surface area contributed by atoms with Crippen molar-refractivity contribution in [3.05, 3.63) is 40.7 Å². The van der Waals surface area contributed by atoms with Crippen molar-refractivity contribution in [2.24, 2.45) is 0 Å². The first-order chi connectivity index (χ1) is 13.1. The molecular formula is C19H22ClN3O4. The van der Waals surface area contributed by atoms with E-state index in [1.165, 1.54) is 6.42 Å². The number of methoxy groups -OCH3 is 1. The Bertz CT molecular complexity index is 825. The zero-order valence-electron chi connectivity index (χ0n) is 15.2. The molecule has 0 radical (unpaired) electrons. The molecule has 8 heteroatoms. The van der Waals surface area contributed by atoms with Crippen molar-refractivity contribution in [2.75, 3.05) is 33.3 Å². The number of hydrogen-bond donors (Lipinski definition) is 0. The number of nitrogens with zero attached hydrogens (tertiary/aromatic N) is 3. The summed E-state index contributed by atoms with van der Waals surface area (Å²) in [6.07, 6.45) is 2.37. The number of carbonyl (C=O) groups excluding carboxylic acids is 1. The monoisotopic (exact) mass is 391 g/mol.